The van der Waals surface area contributed by atoms with Gasteiger partial charge in [-0.15, -0.1) is 0 Å². The zero-order valence-electron chi connectivity index (χ0n) is 14.9. The fourth-order valence-electron chi connectivity index (χ4n) is 2.53. The SMILES string of the molecule is Cc1c(NC(=O)c2ccccc2)cccc1NC(=O)[C@@H](N)CC(C)C. The summed E-state index contributed by atoms with van der Waals surface area (Å²) in [6.07, 6.45) is 0.620. The van der Waals surface area contributed by atoms with Crippen LogP contribution in [-0.2, 0) is 4.79 Å². The van der Waals surface area contributed by atoms with Crippen molar-refractivity contribution in [2.45, 2.75) is 33.2 Å². The molecule has 5 heteroatoms. The Morgan fingerprint density at radius 3 is 2.16 bits per heavy atom. The van der Waals surface area contributed by atoms with Gasteiger partial charge in [0, 0.05) is 16.9 Å². The molecule has 0 aliphatic heterocycles. The summed E-state index contributed by atoms with van der Waals surface area (Å²) in [7, 11) is 0. The molecule has 2 amide bonds. The zero-order chi connectivity index (χ0) is 18.4. The highest BCUT2D eigenvalue weighted by molar-refractivity contribution is 6.05. The predicted molar refractivity (Wildman–Crippen MR) is 102 cm³/mol. The molecule has 0 saturated carbocycles. The van der Waals surface area contributed by atoms with Crippen LogP contribution in [0.5, 0.6) is 0 Å². The van der Waals surface area contributed by atoms with Gasteiger partial charge in [0.25, 0.3) is 5.91 Å². The van der Waals surface area contributed by atoms with Gasteiger partial charge in [-0.3, -0.25) is 9.59 Å². The molecule has 0 aromatic heterocycles. The van der Waals surface area contributed by atoms with Crippen molar-refractivity contribution >= 4 is 23.2 Å². The highest BCUT2D eigenvalue weighted by atomic mass is 16.2. The topological polar surface area (TPSA) is 84.2 Å². The fourth-order valence-corrected chi connectivity index (χ4v) is 2.53. The van der Waals surface area contributed by atoms with Crippen LogP contribution >= 0.6 is 0 Å². The molecule has 0 aliphatic rings. The van der Waals surface area contributed by atoms with Gasteiger partial charge >= 0.3 is 0 Å². The number of nitrogens with one attached hydrogen (secondary N) is 2. The van der Waals surface area contributed by atoms with E-state index < -0.39 is 6.04 Å². The largest absolute Gasteiger partial charge is 0.324 e. The number of rotatable bonds is 6. The number of hydrogen-bond donors (Lipinski definition) is 3. The molecule has 4 N–H and O–H groups in total. The second-order valence-corrected chi connectivity index (χ2v) is 6.52. The summed E-state index contributed by atoms with van der Waals surface area (Å²) in [4.78, 5) is 24.5. The summed E-state index contributed by atoms with van der Waals surface area (Å²) in [6, 6.07) is 13.8. The van der Waals surface area contributed by atoms with E-state index in [9.17, 15) is 9.59 Å². The van der Waals surface area contributed by atoms with Gasteiger partial charge in [0.2, 0.25) is 5.91 Å². The fraction of sp³-hybridized carbons (Fsp3) is 0.300. The summed E-state index contributed by atoms with van der Waals surface area (Å²) in [6.45, 7) is 5.90. The van der Waals surface area contributed by atoms with Gasteiger partial charge in [0.15, 0.2) is 0 Å². The third-order valence-electron chi connectivity index (χ3n) is 3.94. The first kappa shape index (κ1) is 18.7. The third-order valence-corrected chi connectivity index (χ3v) is 3.94. The van der Waals surface area contributed by atoms with Crippen molar-refractivity contribution in [1.29, 1.82) is 0 Å². The van der Waals surface area contributed by atoms with E-state index in [0.717, 1.165) is 5.56 Å². The van der Waals surface area contributed by atoms with Gasteiger partial charge in [-0.25, -0.2) is 0 Å². The normalized spacial score (nSPS) is 11.9. The average Bonchev–Trinajstić information content (AvgIpc) is 2.58. The van der Waals surface area contributed by atoms with Crippen molar-refractivity contribution in [1.82, 2.24) is 0 Å². The van der Waals surface area contributed by atoms with Crippen LogP contribution < -0.4 is 16.4 Å². The first-order valence-electron chi connectivity index (χ1n) is 8.41. The van der Waals surface area contributed by atoms with Crippen LogP contribution in [0.2, 0.25) is 0 Å². The molecule has 2 rings (SSSR count). The molecule has 0 fully saturated rings. The molecule has 1 atom stereocenters. The molecular weight excluding hydrogens is 314 g/mol. The Balaban J connectivity index is 2.11. The maximum Gasteiger partial charge on any atom is 0.255 e. The van der Waals surface area contributed by atoms with Gasteiger partial charge in [-0.2, -0.15) is 0 Å². The maximum atomic E-state index is 12.3. The highest BCUT2D eigenvalue weighted by Gasteiger charge is 2.17. The average molecular weight is 339 g/mol. The molecule has 25 heavy (non-hydrogen) atoms. The monoisotopic (exact) mass is 339 g/mol. The van der Waals surface area contributed by atoms with E-state index in [2.05, 4.69) is 10.6 Å². The lowest BCUT2D eigenvalue weighted by molar-refractivity contribution is -0.117. The summed E-state index contributed by atoms with van der Waals surface area (Å²) >= 11 is 0. The molecule has 0 aliphatic carbocycles. The van der Waals surface area contributed by atoms with E-state index in [4.69, 9.17) is 5.73 Å². The summed E-state index contributed by atoms with van der Waals surface area (Å²) in [5, 5.41) is 5.73. The number of hydrogen-bond acceptors (Lipinski definition) is 3. The Morgan fingerprint density at radius 1 is 0.960 bits per heavy atom. The molecule has 0 unspecified atom stereocenters. The van der Waals surface area contributed by atoms with Crippen molar-refractivity contribution in [2.24, 2.45) is 11.7 Å². The molecule has 2 aromatic rings. The van der Waals surface area contributed by atoms with Crippen LogP contribution in [0, 0.1) is 12.8 Å². The van der Waals surface area contributed by atoms with E-state index in [-0.39, 0.29) is 11.8 Å². The standard InChI is InChI=1S/C20H25N3O2/c1-13(2)12-16(21)20(25)23-18-11-7-10-17(14(18)3)22-19(24)15-8-5-4-6-9-15/h4-11,13,16H,12,21H2,1-3H3,(H,22,24)(H,23,25)/t16-/m0/s1. The number of benzene rings is 2. The van der Waals surface area contributed by atoms with Gasteiger partial charge < -0.3 is 16.4 Å². The van der Waals surface area contributed by atoms with E-state index in [1.165, 1.54) is 0 Å². The van der Waals surface area contributed by atoms with Crippen molar-refractivity contribution in [2.75, 3.05) is 10.6 Å². The Bertz CT molecular complexity index is 742. The molecule has 0 saturated heterocycles. The van der Waals surface area contributed by atoms with Crippen LogP contribution in [-0.4, -0.2) is 17.9 Å². The molecule has 5 nitrogen and oxygen atoms in total. The quantitative estimate of drug-likeness (QED) is 0.752. The van der Waals surface area contributed by atoms with E-state index in [1.807, 2.05) is 39.0 Å². The lowest BCUT2D eigenvalue weighted by atomic mass is 10.0. The molecular formula is C20H25N3O2. The minimum atomic E-state index is -0.554. The molecule has 0 bridgehead atoms. The van der Waals surface area contributed by atoms with Gasteiger partial charge in [0.05, 0.1) is 6.04 Å². The maximum absolute atomic E-state index is 12.3. The number of nitrogens with two attached hydrogens (primary N) is 1. The molecule has 0 heterocycles. The lowest BCUT2D eigenvalue weighted by Gasteiger charge is -2.17. The van der Waals surface area contributed by atoms with Gasteiger partial charge in [-0.05, 0) is 49.1 Å². The van der Waals surface area contributed by atoms with Gasteiger partial charge in [0.1, 0.15) is 0 Å². The molecule has 0 radical (unpaired) electrons. The summed E-state index contributed by atoms with van der Waals surface area (Å²) in [5.41, 5.74) is 8.60. The first-order chi connectivity index (χ1) is 11.9. The Kier molecular flexibility index (Phi) is 6.31. The van der Waals surface area contributed by atoms with Crippen molar-refractivity contribution in [3.8, 4) is 0 Å². The molecule has 2 aromatic carbocycles. The minimum absolute atomic E-state index is 0.191. The smallest absolute Gasteiger partial charge is 0.255 e. The van der Waals surface area contributed by atoms with Crippen molar-refractivity contribution in [3.05, 3.63) is 59.7 Å². The minimum Gasteiger partial charge on any atom is -0.324 e. The van der Waals surface area contributed by atoms with Gasteiger partial charge in [-0.1, -0.05) is 38.1 Å². The highest BCUT2D eigenvalue weighted by Crippen LogP contribution is 2.24. The van der Waals surface area contributed by atoms with E-state index in [0.29, 0.717) is 29.3 Å². The second-order valence-electron chi connectivity index (χ2n) is 6.52. The number of carbonyl (C=O) groups excluding carboxylic acids is 2. The Labute approximate surface area is 148 Å². The first-order valence-corrected chi connectivity index (χ1v) is 8.41. The Morgan fingerprint density at radius 2 is 1.56 bits per heavy atom. The third kappa shape index (κ3) is 5.16. The van der Waals surface area contributed by atoms with Crippen LogP contribution in [0.25, 0.3) is 0 Å². The predicted octanol–water partition coefficient (Wildman–Crippen LogP) is 3.56. The summed E-state index contributed by atoms with van der Waals surface area (Å²) in [5.74, 6) is -0.0645. The number of carbonyl (C=O) groups is 2. The lowest BCUT2D eigenvalue weighted by Crippen LogP contribution is -2.36. The van der Waals surface area contributed by atoms with Crippen molar-refractivity contribution in [3.63, 3.8) is 0 Å². The van der Waals surface area contributed by atoms with Crippen LogP contribution in [0.15, 0.2) is 48.5 Å². The number of amides is 2. The summed E-state index contributed by atoms with van der Waals surface area (Å²) < 4.78 is 0. The van der Waals surface area contributed by atoms with Crippen LogP contribution in [0.1, 0.15) is 36.2 Å². The van der Waals surface area contributed by atoms with Crippen molar-refractivity contribution < 1.29 is 9.59 Å². The Hall–Kier alpha value is -2.66. The van der Waals surface area contributed by atoms with Crippen LogP contribution in [0.3, 0.4) is 0 Å². The van der Waals surface area contributed by atoms with E-state index in [1.54, 1.807) is 30.3 Å². The number of anilines is 2. The molecule has 132 valence electrons. The molecule has 0 spiro atoms. The zero-order valence-corrected chi connectivity index (χ0v) is 14.9. The van der Waals surface area contributed by atoms with E-state index >= 15 is 0 Å². The van der Waals surface area contributed by atoms with Crippen LogP contribution in [0.4, 0.5) is 11.4 Å². The second kappa shape index (κ2) is 8.44.